The number of benzene rings is 2. The molecule has 10 heteroatoms. The highest BCUT2D eigenvalue weighted by Crippen LogP contribution is 2.31. The second-order valence-corrected chi connectivity index (χ2v) is 8.35. The van der Waals surface area contributed by atoms with Crippen molar-refractivity contribution in [3.8, 4) is 17.1 Å². The molecule has 0 saturated carbocycles. The van der Waals surface area contributed by atoms with Crippen LogP contribution in [0.2, 0.25) is 5.02 Å². The van der Waals surface area contributed by atoms with Crippen LogP contribution in [0.25, 0.3) is 22.4 Å². The van der Waals surface area contributed by atoms with Crippen LogP contribution in [0.5, 0.6) is 5.75 Å². The van der Waals surface area contributed by atoms with E-state index in [0.29, 0.717) is 27.7 Å². The van der Waals surface area contributed by atoms with E-state index in [9.17, 15) is 14.0 Å². The van der Waals surface area contributed by atoms with Crippen LogP contribution in [0.15, 0.2) is 57.1 Å². The Balaban J connectivity index is 1.92. The fourth-order valence-corrected chi connectivity index (χ4v) is 4.57. The van der Waals surface area contributed by atoms with E-state index in [2.05, 4.69) is 9.97 Å². The van der Waals surface area contributed by atoms with Crippen LogP contribution in [0.1, 0.15) is 5.56 Å². The molecular formula is C22H18ClFN4O3S. The van der Waals surface area contributed by atoms with Crippen molar-refractivity contribution in [1.82, 2.24) is 19.1 Å². The van der Waals surface area contributed by atoms with Crippen LogP contribution < -0.4 is 16.0 Å². The van der Waals surface area contributed by atoms with Crippen molar-refractivity contribution in [3.05, 3.63) is 79.7 Å². The largest absolute Gasteiger partial charge is 0.497 e. The van der Waals surface area contributed by atoms with Crippen LogP contribution in [0.4, 0.5) is 4.39 Å². The maximum Gasteiger partial charge on any atom is 0.332 e. The molecular weight excluding hydrogens is 455 g/mol. The lowest BCUT2D eigenvalue weighted by Gasteiger charge is -2.13. The molecule has 4 aromatic rings. The number of rotatable bonds is 5. The molecule has 7 nitrogen and oxygen atoms in total. The van der Waals surface area contributed by atoms with Crippen LogP contribution in [0, 0.1) is 5.82 Å². The quantitative estimate of drug-likeness (QED) is 0.325. The van der Waals surface area contributed by atoms with Crippen LogP contribution in [-0.4, -0.2) is 26.2 Å². The topological polar surface area (TPSA) is 79.0 Å². The molecule has 4 rings (SSSR count). The highest BCUT2D eigenvalue weighted by Gasteiger charge is 2.19. The summed E-state index contributed by atoms with van der Waals surface area (Å²) in [6.07, 6.45) is 0. The second kappa shape index (κ2) is 8.76. The minimum atomic E-state index is -0.522. The van der Waals surface area contributed by atoms with Crippen molar-refractivity contribution in [3.63, 3.8) is 0 Å². The number of aryl methyl sites for hydroxylation is 1. The molecule has 2 aromatic heterocycles. The molecule has 0 radical (unpaired) electrons. The van der Waals surface area contributed by atoms with E-state index in [4.69, 9.17) is 16.3 Å². The molecule has 0 unspecified atom stereocenters. The van der Waals surface area contributed by atoms with Gasteiger partial charge in [0.2, 0.25) is 0 Å². The van der Waals surface area contributed by atoms with Gasteiger partial charge in [-0.3, -0.25) is 13.9 Å². The third kappa shape index (κ3) is 3.89. The molecule has 0 aliphatic carbocycles. The van der Waals surface area contributed by atoms with Gasteiger partial charge in [0.15, 0.2) is 11.5 Å². The lowest BCUT2D eigenvalue weighted by atomic mass is 10.2. The molecule has 0 atom stereocenters. The molecule has 2 aromatic carbocycles. The molecule has 0 bridgehead atoms. The van der Waals surface area contributed by atoms with Gasteiger partial charge in [-0.1, -0.05) is 17.7 Å². The van der Waals surface area contributed by atoms with E-state index in [1.165, 1.54) is 30.8 Å². The first-order chi connectivity index (χ1) is 15.3. The summed E-state index contributed by atoms with van der Waals surface area (Å²) in [5, 5.41) is 0.798. The van der Waals surface area contributed by atoms with Gasteiger partial charge in [-0.15, -0.1) is 11.8 Å². The van der Waals surface area contributed by atoms with Gasteiger partial charge in [-0.25, -0.2) is 19.2 Å². The van der Waals surface area contributed by atoms with Gasteiger partial charge < -0.3 is 4.74 Å². The predicted octanol–water partition coefficient (Wildman–Crippen LogP) is 3.79. The van der Waals surface area contributed by atoms with Crippen molar-refractivity contribution in [2.75, 3.05) is 7.11 Å². The van der Waals surface area contributed by atoms with Gasteiger partial charge in [0, 0.05) is 36.0 Å². The zero-order chi connectivity index (χ0) is 23.0. The molecule has 0 aliphatic rings. The Hall–Kier alpha value is -3.17. The number of hydrogen-bond donors (Lipinski definition) is 0. The van der Waals surface area contributed by atoms with E-state index in [1.807, 2.05) is 0 Å². The Morgan fingerprint density at radius 2 is 1.78 bits per heavy atom. The van der Waals surface area contributed by atoms with Crippen molar-refractivity contribution in [2.45, 2.75) is 10.8 Å². The zero-order valence-corrected chi connectivity index (χ0v) is 19.0. The highest BCUT2D eigenvalue weighted by atomic mass is 35.5. The standard InChI is InChI=1S/C22H18ClFN4O3S/c1-27-19-17(21(29)28(2)22(27)30)20(32-11-14-15(23)5-4-6-16(14)24)26-18(25-19)12-7-9-13(31-3)10-8-12/h4-10H,11H2,1-3H3. The molecule has 0 saturated heterocycles. The number of halogens is 2. The monoisotopic (exact) mass is 472 g/mol. The predicted molar refractivity (Wildman–Crippen MR) is 123 cm³/mol. The average molecular weight is 473 g/mol. The Morgan fingerprint density at radius 1 is 1.06 bits per heavy atom. The van der Waals surface area contributed by atoms with E-state index < -0.39 is 17.1 Å². The fraction of sp³-hybridized carbons (Fsp3) is 0.182. The Kier molecular flexibility index (Phi) is 6.03. The molecule has 2 heterocycles. The summed E-state index contributed by atoms with van der Waals surface area (Å²) in [5.41, 5.74) is 0.146. The number of hydrogen-bond acceptors (Lipinski definition) is 6. The molecule has 164 valence electrons. The van der Waals surface area contributed by atoms with Crippen molar-refractivity contribution < 1.29 is 9.13 Å². The number of ether oxygens (including phenoxy) is 1. The van der Waals surface area contributed by atoms with E-state index in [0.717, 1.165) is 16.3 Å². The van der Waals surface area contributed by atoms with Crippen LogP contribution >= 0.6 is 23.4 Å². The summed E-state index contributed by atoms with van der Waals surface area (Å²) in [7, 11) is 4.50. The second-order valence-electron chi connectivity index (χ2n) is 6.97. The van der Waals surface area contributed by atoms with Gasteiger partial charge >= 0.3 is 5.69 Å². The molecule has 0 fully saturated rings. The molecule has 0 amide bonds. The van der Waals surface area contributed by atoms with Gasteiger partial charge in [0.05, 0.1) is 7.11 Å². The maximum absolute atomic E-state index is 14.3. The molecule has 32 heavy (non-hydrogen) atoms. The van der Waals surface area contributed by atoms with Crippen LogP contribution in [-0.2, 0) is 19.8 Å². The smallest absolute Gasteiger partial charge is 0.332 e. The van der Waals surface area contributed by atoms with Gasteiger partial charge in [-0.05, 0) is 36.4 Å². The summed E-state index contributed by atoms with van der Waals surface area (Å²) in [4.78, 5) is 34.5. The van der Waals surface area contributed by atoms with Gasteiger partial charge in [0.1, 0.15) is 22.0 Å². The van der Waals surface area contributed by atoms with E-state index >= 15 is 0 Å². The minimum absolute atomic E-state index is 0.145. The number of methoxy groups -OCH3 is 1. The molecule has 0 N–H and O–H groups in total. The lowest BCUT2D eigenvalue weighted by molar-refractivity contribution is 0.415. The summed E-state index contributed by atoms with van der Waals surface area (Å²) >= 11 is 7.32. The Morgan fingerprint density at radius 3 is 2.44 bits per heavy atom. The van der Waals surface area contributed by atoms with Crippen molar-refractivity contribution >= 4 is 34.4 Å². The zero-order valence-electron chi connectivity index (χ0n) is 17.4. The summed E-state index contributed by atoms with van der Waals surface area (Å²) < 4.78 is 21.8. The summed E-state index contributed by atoms with van der Waals surface area (Å²) in [6.45, 7) is 0. The number of thioether (sulfide) groups is 1. The first kappa shape index (κ1) is 22.0. The summed E-state index contributed by atoms with van der Waals surface area (Å²) in [5.74, 6) is 0.690. The number of fused-ring (bicyclic) bond motifs is 1. The number of aromatic nitrogens is 4. The van der Waals surface area contributed by atoms with Gasteiger partial charge in [-0.2, -0.15) is 0 Å². The first-order valence-electron chi connectivity index (χ1n) is 9.49. The molecule has 0 spiro atoms. The minimum Gasteiger partial charge on any atom is -0.497 e. The highest BCUT2D eigenvalue weighted by molar-refractivity contribution is 7.98. The Bertz CT molecular complexity index is 1430. The third-order valence-corrected chi connectivity index (χ3v) is 6.39. The van der Waals surface area contributed by atoms with Crippen molar-refractivity contribution in [1.29, 1.82) is 0 Å². The fourth-order valence-electron chi connectivity index (χ4n) is 3.21. The first-order valence-corrected chi connectivity index (χ1v) is 10.9. The van der Waals surface area contributed by atoms with E-state index in [1.54, 1.807) is 37.4 Å². The lowest BCUT2D eigenvalue weighted by Crippen LogP contribution is -2.37. The van der Waals surface area contributed by atoms with Crippen LogP contribution in [0.3, 0.4) is 0 Å². The maximum atomic E-state index is 14.3. The van der Waals surface area contributed by atoms with Crippen molar-refractivity contribution in [2.24, 2.45) is 14.1 Å². The molecule has 0 aliphatic heterocycles. The summed E-state index contributed by atoms with van der Waals surface area (Å²) in [6, 6.07) is 11.5. The number of nitrogens with zero attached hydrogens (tertiary/aromatic N) is 4. The third-order valence-electron chi connectivity index (χ3n) is 5.03. The average Bonchev–Trinajstić information content (AvgIpc) is 2.80. The normalized spacial score (nSPS) is 11.2. The SMILES string of the molecule is COc1ccc(-c2nc(SCc3c(F)cccc3Cl)c3c(=O)n(C)c(=O)n(C)c3n2)cc1. The van der Waals surface area contributed by atoms with Gasteiger partial charge in [0.25, 0.3) is 5.56 Å². The van der Waals surface area contributed by atoms with E-state index in [-0.39, 0.29) is 21.8 Å². The Labute approximate surface area is 191 Å².